The van der Waals surface area contributed by atoms with E-state index in [1.54, 1.807) is 12.1 Å². The maximum absolute atomic E-state index is 11.9. The highest BCUT2D eigenvalue weighted by atomic mass is 35.5. The fraction of sp³-hybridized carbons (Fsp3) is 0.588. The molecule has 0 aliphatic heterocycles. The van der Waals surface area contributed by atoms with Crippen LogP contribution in [0, 0.1) is 5.92 Å². The Balaban J connectivity index is 2.48. The van der Waals surface area contributed by atoms with Crippen molar-refractivity contribution in [3.05, 3.63) is 34.9 Å². The molecule has 0 aromatic heterocycles. The van der Waals surface area contributed by atoms with Crippen LogP contribution in [0.2, 0.25) is 5.02 Å². The first-order chi connectivity index (χ1) is 11.2. The molecule has 0 aliphatic carbocycles. The van der Waals surface area contributed by atoms with Gasteiger partial charge in [0, 0.05) is 31.1 Å². The minimum Gasteiger partial charge on any atom is -0.356 e. The molecule has 0 unspecified atom stereocenters. The van der Waals surface area contributed by atoms with Crippen LogP contribution in [0.5, 0.6) is 0 Å². The van der Waals surface area contributed by atoms with Gasteiger partial charge in [-0.25, -0.2) is 12.7 Å². The molecule has 0 saturated carbocycles. The van der Waals surface area contributed by atoms with Gasteiger partial charge in [-0.2, -0.15) is 0 Å². The summed E-state index contributed by atoms with van der Waals surface area (Å²) in [6, 6.07) is 7.32. The van der Waals surface area contributed by atoms with E-state index >= 15 is 0 Å². The normalized spacial score (nSPS) is 11.9. The smallest absolute Gasteiger partial charge is 0.221 e. The molecular formula is C17H27ClN2O3S. The van der Waals surface area contributed by atoms with E-state index in [0.717, 1.165) is 12.0 Å². The molecule has 1 amide bonds. The van der Waals surface area contributed by atoms with Crippen LogP contribution in [0.1, 0.15) is 32.3 Å². The van der Waals surface area contributed by atoms with Crippen LogP contribution in [0.3, 0.4) is 0 Å². The van der Waals surface area contributed by atoms with Crippen molar-refractivity contribution in [1.82, 2.24) is 9.62 Å². The number of carbonyl (C=O) groups is 1. The Hall–Kier alpha value is -1.11. The Kier molecular flexibility index (Phi) is 8.73. The summed E-state index contributed by atoms with van der Waals surface area (Å²) in [5.74, 6) is 0.410. The highest BCUT2D eigenvalue weighted by molar-refractivity contribution is 7.88. The zero-order chi connectivity index (χ0) is 18.2. The van der Waals surface area contributed by atoms with E-state index in [1.807, 2.05) is 12.1 Å². The number of nitrogens with zero attached hydrogens (tertiary/aromatic N) is 1. The first kappa shape index (κ1) is 20.9. The molecule has 0 atom stereocenters. The molecule has 0 radical (unpaired) electrons. The second-order valence-electron chi connectivity index (χ2n) is 6.32. The molecule has 0 fully saturated rings. The van der Waals surface area contributed by atoms with Crippen LogP contribution in [0.25, 0.3) is 0 Å². The van der Waals surface area contributed by atoms with Gasteiger partial charge in [-0.15, -0.1) is 0 Å². The first-order valence-corrected chi connectivity index (χ1v) is 10.4. The molecule has 0 aliphatic rings. The van der Waals surface area contributed by atoms with Crippen molar-refractivity contribution in [2.24, 2.45) is 5.92 Å². The topological polar surface area (TPSA) is 66.5 Å². The van der Waals surface area contributed by atoms with Crippen molar-refractivity contribution < 1.29 is 13.2 Å². The summed E-state index contributed by atoms with van der Waals surface area (Å²) in [5, 5.41) is 3.48. The van der Waals surface area contributed by atoms with E-state index < -0.39 is 10.0 Å². The molecule has 0 heterocycles. The van der Waals surface area contributed by atoms with Crippen LogP contribution in [-0.4, -0.2) is 44.5 Å². The minimum absolute atomic E-state index is 0.115. The molecular weight excluding hydrogens is 348 g/mol. The average molecular weight is 375 g/mol. The molecule has 136 valence electrons. The molecule has 1 aromatic rings. The SMILES string of the molecule is CC(C)CCNC(=O)CCN(CCc1ccc(Cl)cc1)S(C)(=O)=O. The van der Waals surface area contributed by atoms with Gasteiger partial charge in [0.05, 0.1) is 6.26 Å². The first-order valence-electron chi connectivity index (χ1n) is 8.14. The van der Waals surface area contributed by atoms with Gasteiger partial charge in [0.25, 0.3) is 0 Å². The van der Waals surface area contributed by atoms with Crippen molar-refractivity contribution >= 4 is 27.5 Å². The second kappa shape index (κ2) is 10.0. The van der Waals surface area contributed by atoms with Crippen LogP contribution < -0.4 is 5.32 Å². The van der Waals surface area contributed by atoms with Crippen molar-refractivity contribution in [3.63, 3.8) is 0 Å². The summed E-state index contributed by atoms with van der Waals surface area (Å²) in [6.07, 6.45) is 2.84. The van der Waals surface area contributed by atoms with E-state index in [2.05, 4.69) is 19.2 Å². The number of sulfonamides is 1. The van der Waals surface area contributed by atoms with Crippen molar-refractivity contribution in [3.8, 4) is 0 Å². The number of amides is 1. The van der Waals surface area contributed by atoms with Gasteiger partial charge in [-0.1, -0.05) is 37.6 Å². The maximum atomic E-state index is 11.9. The van der Waals surface area contributed by atoms with E-state index in [9.17, 15) is 13.2 Å². The number of hydrogen-bond donors (Lipinski definition) is 1. The van der Waals surface area contributed by atoms with Crippen molar-refractivity contribution in [1.29, 1.82) is 0 Å². The van der Waals surface area contributed by atoms with Gasteiger partial charge < -0.3 is 5.32 Å². The molecule has 0 saturated heterocycles. The number of halogens is 1. The average Bonchev–Trinajstić information content (AvgIpc) is 2.47. The number of rotatable bonds is 10. The van der Waals surface area contributed by atoms with E-state index in [4.69, 9.17) is 11.6 Å². The fourth-order valence-electron chi connectivity index (χ4n) is 2.16. The Bertz CT molecular complexity index is 615. The third kappa shape index (κ3) is 8.66. The van der Waals surface area contributed by atoms with Gasteiger partial charge in [-0.05, 0) is 36.5 Å². The third-order valence-corrected chi connectivity index (χ3v) is 5.22. The van der Waals surface area contributed by atoms with Gasteiger partial charge in [0.2, 0.25) is 15.9 Å². The highest BCUT2D eigenvalue weighted by Crippen LogP contribution is 2.11. The maximum Gasteiger partial charge on any atom is 0.221 e. The summed E-state index contributed by atoms with van der Waals surface area (Å²) in [5.41, 5.74) is 1.01. The fourth-order valence-corrected chi connectivity index (χ4v) is 3.14. The van der Waals surface area contributed by atoms with Crippen LogP contribution in [0.4, 0.5) is 0 Å². The van der Waals surface area contributed by atoms with Crippen molar-refractivity contribution in [2.75, 3.05) is 25.9 Å². The third-order valence-electron chi connectivity index (χ3n) is 3.66. The quantitative estimate of drug-likeness (QED) is 0.684. The van der Waals surface area contributed by atoms with E-state index in [1.165, 1.54) is 10.6 Å². The molecule has 7 heteroatoms. The number of nitrogens with one attached hydrogen (secondary N) is 1. The number of hydrogen-bond acceptors (Lipinski definition) is 3. The summed E-state index contributed by atoms with van der Waals surface area (Å²) in [6.45, 7) is 5.35. The van der Waals surface area contributed by atoms with Gasteiger partial charge >= 0.3 is 0 Å². The van der Waals surface area contributed by atoms with Crippen LogP contribution in [-0.2, 0) is 21.2 Å². The highest BCUT2D eigenvalue weighted by Gasteiger charge is 2.17. The Morgan fingerprint density at radius 1 is 1.21 bits per heavy atom. The van der Waals surface area contributed by atoms with Crippen molar-refractivity contribution in [2.45, 2.75) is 33.1 Å². The molecule has 0 spiro atoms. The largest absolute Gasteiger partial charge is 0.356 e. The Labute approximate surface area is 150 Å². The lowest BCUT2D eigenvalue weighted by molar-refractivity contribution is -0.121. The monoisotopic (exact) mass is 374 g/mol. The number of benzene rings is 1. The zero-order valence-electron chi connectivity index (χ0n) is 14.6. The summed E-state index contributed by atoms with van der Waals surface area (Å²) in [4.78, 5) is 11.8. The predicted octanol–water partition coefficient (Wildman–Crippen LogP) is 2.70. The molecule has 1 aromatic carbocycles. The molecule has 24 heavy (non-hydrogen) atoms. The molecule has 1 rings (SSSR count). The van der Waals surface area contributed by atoms with Gasteiger partial charge in [0.1, 0.15) is 0 Å². The van der Waals surface area contributed by atoms with Gasteiger partial charge in [0.15, 0.2) is 0 Å². The number of carbonyl (C=O) groups excluding carboxylic acids is 1. The lowest BCUT2D eigenvalue weighted by Crippen LogP contribution is -2.36. The predicted molar refractivity (Wildman–Crippen MR) is 98.7 cm³/mol. The van der Waals surface area contributed by atoms with E-state index in [-0.39, 0.29) is 18.9 Å². The molecule has 1 N–H and O–H groups in total. The Morgan fingerprint density at radius 3 is 2.38 bits per heavy atom. The zero-order valence-corrected chi connectivity index (χ0v) is 16.2. The van der Waals surface area contributed by atoms with Gasteiger partial charge in [-0.3, -0.25) is 4.79 Å². The Morgan fingerprint density at radius 2 is 1.83 bits per heavy atom. The van der Waals surface area contributed by atoms with Crippen LogP contribution in [0.15, 0.2) is 24.3 Å². The summed E-state index contributed by atoms with van der Waals surface area (Å²) < 4.78 is 25.1. The van der Waals surface area contributed by atoms with E-state index in [0.29, 0.717) is 30.5 Å². The lowest BCUT2D eigenvalue weighted by atomic mass is 10.1. The second-order valence-corrected chi connectivity index (χ2v) is 8.74. The minimum atomic E-state index is -3.35. The molecule has 5 nitrogen and oxygen atoms in total. The summed E-state index contributed by atoms with van der Waals surface area (Å²) in [7, 11) is -3.35. The standard InChI is InChI=1S/C17H27ClN2O3S/c1-14(2)8-11-19-17(21)10-13-20(24(3,22)23)12-9-15-4-6-16(18)7-5-15/h4-7,14H,8-13H2,1-3H3,(H,19,21). The lowest BCUT2D eigenvalue weighted by Gasteiger charge is -2.20. The summed E-state index contributed by atoms with van der Waals surface area (Å²) >= 11 is 5.84. The molecule has 0 bridgehead atoms. The van der Waals surface area contributed by atoms with Crippen LogP contribution >= 0.6 is 11.6 Å².